The van der Waals surface area contributed by atoms with Crippen LogP contribution in [0.5, 0.6) is 0 Å². The van der Waals surface area contributed by atoms with Gasteiger partial charge in [0.15, 0.2) is 0 Å². The molecule has 1 aliphatic heterocycles. The summed E-state index contributed by atoms with van der Waals surface area (Å²) in [5.41, 5.74) is 0. The molecule has 0 aromatic rings. The van der Waals surface area contributed by atoms with E-state index in [2.05, 4.69) is 30.8 Å². The van der Waals surface area contributed by atoms with Crippen LogP contribution in [0.25, 0.3) is 0 Å². The SMILES string of the molecule is CCN1CCC(N(C)C)CC1. The van der Waals surface area contributed by atoms with Crippen LogP contribution in [0.3, 0.4) is 0 Å². The largest absolute Gasteiger partial charge is 0.306 e. The maximum atomic E-state index is 2.53. The van der Waals surface area contributed by atoms with Gasteiger partial charge >= 0.3 is 0 Å². The summed E-state index contributed by atoms with van der Waals surface area (Å²) >= 11 is 0. The average molecular weight is 156 g/mol. The van der Waals surface area contributed by atoms with Crippen molar-refractivity contribution in [3.05, 3.63) is 0 Å². The molecule has 2 heteroatoms. The third-order valence-corrected chi connectivity index (χ3v) is 2.73. The number of rotatable bonds is 2. The van der Waals surface area contributed by atoms with Gasteiger partial charge < -0.3 is 9.80 Å². The van der Waals surface area contributed by atoms with Crippen LogP contribution in [0.4, 0.5) is 0 Å². The number of likely N-dealkylation sites (tertiary alicyclic amines) is 1. The van der Waals surface area contributed by atoms with Gasteiger partial charge in [-0.15, -0.1) is 0 Å². The van der Waals surface area contributed by atoms with Crippen molar-refractivity contribution in [3.63, 3.8) is 0 Å². The normalized spacial score (nSPS) is 22.9. The fraction of sp³-hybridized carbons (Fsp3) is 1.00. The topological polar surface area (TPSA) is 6.48 Å². The second kappa shape index (κ2) is 4.07. The lowest BCUT2D eigenvalue weighted by Crippen LogP contribution is -2.41. The highest BCUT2D eigenvalue weighted by Gasteiger charge is 2.18. The number of hydrogen-bond acceptors (Lipinski definition) is 2. The molecule has 0 bridgehead atoms. The molecule has 1 heterocycles. The van der Waals surface area contributed by atoms with E-state index in [0.29, 0.717) is 0 Å². The lowest BCUT2D eigenvalue weighted by atomic mass is 10.0. The zero-order valence-electron chi connectivity index (χ0n) is 8.01. The highest BCUT2D eigenvalue weighted by Crippen LogP contribution is 2.13. The van der Waals surface area contributed by atoms with Gasteiger partial charge in [0.25, 0.3) is 0 Å². The lowest BCUT2D eigenvalue weighted by molar-refractivity contribution is 0.150. The minimum Gasteiger partial charge on any atom is -0.306 e. The smallest absolute Gasteiger partial charge is 0.0113 e. The van der Waals surface area contributed by atoms with Crippen LogP contribution < -0.4 is 0 Å². The summed E-state index contributed by atoms with van der Waals surface area (Å²) in [5.74, 6) is 0. The molecule has 1 rings (SSSR count). The second-order valence-electron chi connectivity index (χ2n) is 3.63. The van der Waals surface area contributed by atoms with Gasteiger partial charge in [0.1, 0.15) is 0 Å². The molecule has 0 radical (unpaired) electrons. The van der Waals surface area contributed by atoms with E-state index < -0.39 is 0 Å². The summed E-state index contributed by atoms with van der Waals surface area (Å²) in [6.07, 6.45) is 2.70. The zero-order chi connectivity index (χ0) is 8.27. The minimum absolute atomic E-state index is 0.831. The van der Waals surface area contributed by atoms with E-state index >= 15 is 0 Å². The Kier molecular flexibility index (Phi) is 3.34. The van der Waals surface area contributed by atoms with Crippen molar-refractivity contribution in [1.29, 1.82) is 0 Å². The van der Waals surface area contributed by atoms with Crippen LogP contribution in [0, 0.1) is 0 Å². The summed E-state index contributed by atoms with van der Waals surface area (Å²) in [6.45, 7) is 6.05. The second-order valence-corrected chi connectivity index (χ2v) is 3.63. The molecule has 0 spiro atoms. The first kappa shape index (κ1) is 9.01. The molecule has 0 atom stereocenters. The Morgan fingerprint density at radius 3 is 2.18 bits per heavy atom. The fourth-order valence-electron chi connectivity index (χ4n) is 1.75. The summed E-state index contributed by atoms with van der Waals surface area (Å²) in [4.78, 5) is 4.88. The number of nitrogens with zero attached hydrogens (tertiary/aromatic N) is 2. The van der Waals surface area contributed by atoms with Crippen LogP contribution in [-0.4, -0.2) is 49.6 Å². The summed E-state index contributed by atoms with van der Waals surface area (Å²) in [7, 11) is 4.37. The summed E-state index contributed by atoms with van der Waals surface area (Å²) in [5, 5.41) is 0. The molecule has 2 nitrogen and oxygen atoms in total. The van der Waals surface area contributed by atoms with Crippen LogP contribution in [-0.2, 0) is 0 Å². The highest BCUT2D eigenvalue weighted by atomic mass is 15.2. The molecular formula is C9H20N2. The Hall–Kier alpha value is -0.0800. The van der Waals surface area contributed by atoms with Gasteiger partial charge in [-0.25, -0.2) is 0 Å². The van der Waals surface area contributed by atoms with Crippen LogP contribution in [0.1, 0.15) is 19.8 Å². The highest BCUT2D eigenvalue weighted by molar-refractivity contribution is 4.75. The molecule has 0 aliphatic carbocycles. The van der Waals surface area contributed by atoms with E-state index in [4.69, 9.17) is 0 Å². The number of piperidine rings is 1. The third kappa shape index (κ3) is 2.46. The standard InChI is InChI=1S/C9H20N2/c1-4-11-7-5-9(6-8-11)10(2)3/h9H,4-8H2,1-3H3. The maximum absolute atomic E-state index is 2.53. The molecule has 1 saturated heterocycles. The molecule has 0 aromatic carbocycles. The monoisotopic (exact) mass is 156 g/mol. The molecule has 1 fully saturated rings. The van der Waals surface area contributed by atoms with Crippen molar-refractivity contribution in [2.45, 2.75) is 25.8 Å². The zero-order valence-corrected chi connectivity index (χ0v) is 8.01. The van der Waals surface area contributed by atoms with Gasteiger partial charge in [0.05, 0.1) is 0 Å². The van der Waals surface area contributed by atoms with Gasteiger partial charge in [0.2, 0.25) is 0 Å². The van der Waals surface area contributed by atoms with Crippen LogP contribution in [0.2, 0.25) is 0 Å². The Balaban J connectivity index is 2.24. The third-order valence-electron chi connectivity index (χ3n) is 2.73. The first-order valence-electron chi connectivity index (χ1n) is 4.62. The predicted octanol–water partition coefficient (Wildman–Crippen LogP) is 1.03. The van der Waals surface area contributed by atoms with Gasteiger partial charge in [-0.3, -0.25) is 0 Å². The Bertz CT molecular complexity index is 104. The minimum atomic E-state index is 0.831. The van der Waals surface area contributed by atoms with Crippen molar-refractivity contribution in [2.75, 3.05) is 33.7 Å². The van der Waals surface area contributed by atoms with Crippen molar-refractivity contribution >= 4 is 0 Å². The first-order valence-corrected chi connectivity index (χ1v) is 4.62. The summed E-state index contributed by atoms with van der Waals surface area (Å²) in [6, 6.07) is 0.831. The van der Waals surface area contributed by atoms with Crippen molar-refractivity contribution in [2.24, 2.45) is 0 Å². The predicted molar refractivity (Wildman–Crippen MR) is 48.8 cm³/mol. The molecule has 0 saturated carbocycles. The van der Waals surface area contributed by atoms with E-state index in [0.717, 1.165) is 6.04 Å². The molecule has 11 heavy (non-hydrogen) atoms. The first-order chi connectivity index (χ1) is 5.24. The molecule has 0 unspecified atom stereocenters. The molecular weight excluding hydrogens is 136 g/mol. The maximum Gasteiger partial charge on any atom is 0.0113 e. The molecule has 0 amide bonds. The fourth-order valence-corrected chi connectivity index (χ4v) is 1.75. The van der Waals surface area contributed by atoms with Crippen LogP contribution >= 0.6 is 0 Å². The molecule has 1 aliphatic rings. The van der Waals surface area contributed by atoms with Gasteiger partial charge in [-0.05, 0) is 46.6 Å². The van der Waals surface area contributed by atoms with Gasteiger partial charge in [0, 0.05) is 6.04 Å². The Morgan fingerprint density at radius 2 is 1.82 bits per heavy atom. The van der Waals surface area contributed by atoms with Crippen molar-refractivity contribution in [1.82, 2.24) is 9.80 Å². The molecule has 0 N–H and O–H groups in total. The van der Waals surface area contributed by atoms with Crippen molar-refractivity contribution < 1.29 is 0 Å². The average Bonchev–Trinajstić information content (AvgIpc) is 2.05. The van der Waals surface area contributed by atoms with Gasteiger partial charge in [-0.2, -0.15) is 0 Å². The van der Waals surface area contributed by atoms with E-state index in [9.17, 15) is 0 Å². The quantitative estimate of drug-likeness (QED) is 0.589. The van der Waals surface area contributed by atoms with E-state index in [1.807, 2.05) is 0 Å². The van der Waals surface area contributed by atoms with Crippen molar-refractivity contribution in [3.8, 4) is 0 Å². The Morgan fingerprint density at radius 1 is 1.27 bits per heavy atom. The summed E-state index contributed by atoms with van der Waals surface area (Å²) < 4.78 is 0. The van der Waals surface area contributed by atoms with E-state index in [1.54, 1.807) is 0 Å². The van der Waals surface area contributed by atoms with Crippen LogP contribution in [0.15, 0.2) is 0 Å². The van der Waals surface area contributed by atoms with E-state index in [-0.39, 0.29) is 0 Å². The molecule has 66 valence electrons. The molecule has 0 aromatic heterocycles. The lowest BCUT2D eigenvalue weighted by Gasteiger charge is -2.34. The van der Waals surface area contributed by atoms with E-state index in [1.165, 1.54) is 32.5 Å². The number of hydrogen-bond donors (Lipinski definition) is 0. The van der Waals surface area contributed by atoms with Gasteiger partial charge in [-0.1, -0.05) is 6.92 Å². The Labute approximate surface area is 70.2 Å².